The van der Waals surface area contributed by atoms with E-state index in [1.54, 1.807) is 0 Å². The first-order valence-electron chi connectivity index (χ1n) is 13.5. The van der Waals surface area contributed by atoms with Crippen LogP contribution < -0.4 is 5.32 Å². The average Bonchev–Trinajstić information content (AvgIpc) is 2.74. The van der Waals surface area contributed by atoms with Gasteiger partial charge in [0.2, 0.25) is 0 Å². The van der Waals surface area contributed by atoms with E-state index in [9.17, 15) is 0 Å². The molecular formula is C28H55N. The van der Waals surface area contributed by atoms with Crippen molar-refractivity contribution in [3.8, 4) is 0 Å². The Kier molecular flexibility index (Phi) is 26.6. The number of nitrogens with one attached hydrogen (secondary N) is 1. The molecule has 0 spiro atoms. The molecule has 0 aliphatic heterocycles. The predicted octanol–water partition coefficient (Wildman–Crippen LogP) is 10.2. The standard InChI is InChI=1S/C28H55N/c1-3-5-7-9-11-13-15-17-19-21-23-25-27-29-28-26-24-22-20-18-16-14-12-10-8-6-4-2/h25-29H,3-24H2,1-2H3. The second-order valence-electron chi connectivity index (χ2n) is 8.91. The third-order valence-electron chi connectivity index (χ3n) is 5.88. The molecule has 0 aliphatic carbocycles. The van der Waals surface area contributed by atoms with Crippen LogP contribution in [0.3, 0.4) is 0 Å². The van der Waals surface area contributed by atoms with Crippen molar-refractivity contribution in [1.82, 2.24) is 5.32 Å². The molecule has 0 atom stereocenters. The second kappa shape index (κ2) is 27.3. The van der Waals surface area contributed by atoms with Gasteiger partial charge >= 0.3 is 0 Å². The van der Waals surface area contributed by atoms with Crippen LogP contribution in [0, 0.1) is 0 Å². The maximum atomic E-state index is 3.30. The number of hydrogen-bond acceptors (Lipinski definition) is 1. The van der Waals surface area contributed by atoms with E-state index in [1.807, 2.05) is 0 Å². The van der Waals surface area contributed by atoms with Gasteiger partial charge in [-0.1, -0.05) is 142 Å². The van der Waals surface area contributed by atoms with Crippen molar-refractivity contribution in [2.24, 2.45) is 0 Å². The van der Waals surface area contributed by atoms with Crippen LogP contribution >= 0.6 is 0 Å². The third kappa shape index (κ3) is 27.3. The minimum Gasteiger partial charge on any atom is -0.368 e. The predicted molar refractivity (Wildman–Crippen MR) is 134 cm³/mol. The molecule has 0 bridgehead atoms. The van der Waals surface area contributed by atoms with Gasteiger partial charge in [0.05, 0.1) is 0 Å². The summed E-state index contributed by atoms with van der Waals surface area (Å²) in [4.78, 5) is 0. The number of unbranched alkanes of at least 4 members (excludes halogenated alkanes) is 20. The Labute approximate surface area is 185 Å². The van der Waals surface area contributed by atoms with Gasteiger partial charge in [0.15, 0.2) is 0 Å². The molecule has 1 heteroatoms. The van der Waals surface area contributed by atoms with Crippen molar-refractivity contribution < 1.29 is 0 Å². The van der Waals surface area contributed by atoms with Gasteiger partial charge in [-0.3, -0.25) is 0 Å². The lowest BCUT2D eigenvalue weighted by atomic mass is 10.1. The van der Waals surface area contributed by atoms with Gasteiger partial charge in [-0.25, -0.2) is 0 Å². The zero-order chi connectivity index (χ0) is 21.1. The zero-order valence-electron chi connectivity index (χ0n) is 20.4. The summed E-state index contributed by atoms with van der Waals surface area (Å²) in [5, 5.41) is 3.30. The molecule has 172 valence electrons. The monoisotopic (exact) mass is 405 g/mol. The molecule has 0 unspecified atom stereocenters. The van der Waals surface area contributed by atoms with Crippen molar-refractivity contribution in [2.75, 3.05) is 0 Å². The summed E-state index contributed by atoms with van der Waals surface area (Å²) in [7, 11) is 0. The minimum absolute atomic E-state index is 1.22. The van der Waals surface area contributed by atoms with E-state index >= 15 is 0 Å². The Morgan fingerprint density at radius 2 is 0.655 bits per heavy atom. The van der Waals surface area contributed by atoms with Crippen molar-refractivity contribution in [1.29, 1.82) is 0 Å². The van der Waals surface area contributed by atoms with E-state index in [1.165, 1.54) is 141 Å². The van der Waals surface area contributed by atoms with Gasteiger partial charge in [-0.2, -0.15) is 0 Å². The second-order valence-corrected chi connectivity index (χ2v) is 8.91. The highest BCUT2D eigenvalue weighted by atomic mass is 14.8. The molecule has 29 heavy (non-hydrogen) atoms. The maximum Gasteiger partial charge on any atom is -0.00358 e. The van der Waals surface area contributed by atoms with Crippen LogP contribution in [0.5, 0.6) is 0 Å². The van der Waals surface area contributed by atoms with E-state index in [0.29, 0.717) is 0 Å². The van der Waals surface area contributed by atoms with Crippen molar-refractivity contribution >= 4 is 0 Å². The minimum atomic E-state index is 1.22. The topological polar surface area (TPSA) is 12.0 Å². The van der Waals surface area contributed by atoms with Crippen LogP contribution in [-0.2, 0) is 0 Å². The Morgan fingerprint density at radius 3 is 0.966 bits per heavy atom. The molecule has 0 aromatic heterocycles. The van der Waals surface area contributed by atoms with Gasteiger partial charge in [-0.05, 0) is 38.1 Å². The number of rotatable bonds is 24. The highest BCUT2D eigenvalue weighted by Gasteiger charge is 1.93. The summed E-state index contributed by atoms with van der Waals surface area (Å²) in [6.07, 6.45) is 39.6. The fourth-order valence-electron chi connectivity index (χ4n) is 3.86. The Morgan fingerprint density at radius 1 is 0.379 bits per heavy atom. The van der Waals surface area contributed by atoms with Gasteiger partial charge in [0.25, 0.3) is 0 Å². The summed E-state index contributed by atoms with van der Waals surface area (Å²) in [5.74, 6) is 0. The first kappa shape index (κ1) is 28.3. The van der Waals surface area contributed by atoms with Crippen LogP contribution in [0.25, 0.3) is 0 Å². The molecule has 1 nitrogen and oxygen atoms in total. The SMILES string of the molecule is CCCCCCCCCCCCC=CNC=CCCCCCCCCCCCC. The van der Waals surface area contributed by atoms with E-state index in [0.717, 1.165) is 0 Å². The molecule has 0 aliphatic rings. The smallest absolute Gasteiger partial charge is 0.00358 e. The largest absolute Gasteiger partial charge is 0.368 e. The zero-order valence-corrected chi connectivity index (χ0v) is 20.4. The molecule has 0 saturated heterocycles. The van der Waals surface area contributed by atoms with E-state index in [4.69, 9.17) is 0 Å². The third-order valence-corrected chi connectivity index (χ3v) is 5.88. The molecule has 0 rings (SSSR count). The molecule has 0 amide bonds. The van der Waals surface area contributed by atoms with Gasteiger partial charge in [0, 0.05) is 0 Å². The van der Waals surface area contributed by atoms with Crippen LogP contribution in [0.4, 0.5) is 0 Å². The summed E-state index contributed by atoms with van der Waals surface area (Å²) in [5.41, 5.74) is 0. The summed E-state index contributed by atoms with van der Waals surface area (Å²) in [6.45, 7) is 4.58. The molecule has 1 N–H and O–H groups in total. The van der Waals surface area contributed by atoms with Crippen LogP contribution in [0.15, 0.2) is 24.6 Å². The molecule has 0 saturated carbocycles. The highest BCUT2D eigenvalue weighted by molar-refractivity contribution is 4.88. The van der Waals surface area contributed by atoms with Crippen LogP contribution in [-0.4, -0.2) is 0 Å². The highest BCUT2D eigenvalue weighted by Crippen LogP contribution is 2.12. The average molecular weight is 406 g/mol. The molecule has 0 fully saturated rings. The fraction of sp³-hybridized carbons (Fsp3) is 0.857. The van der Waals surface area contributed by atoms with Crippen LogP contribution in [0.1, 0.15) is 155 Å². The van der Waals surface area contributed by atoms with E-state index in [-0.39, 0.29) is 0 Å². The molecule has 0 heterocycles. The quantitative estimate of drug-likeness (QED) is 0.157. The number of hydrogen-bond donors (Lipinski definition) is 1. The maximum absolute atomic E-state index is 3.30. The van der Waals surface area contributed by atoms with E-state index in [2.05, 4.69) is 43.7 Å². The lowest BCUT2D eigenvalue weighted by Crippen LogP contribution is -1.91. The van der Waals surface area contributed by atoms with Gasteiger partial charge < -0.3 is 5.32 Å². The first-order valence-corrected chi connectivity index (χ1v) is 13.5. The molecule has 0 aromatic carbocycles. The normalized spacial score (nSPS) is 11.8. The molecule has 0 aromatic rings. The van der Waals surface area contributed by atoms with Crippen molar-refractivity contribution in [2.45, 2.75) is 155 Å². The van der Waals surface area contributed by atoms with Crippen molar-refractivity contribution in [3.63, 3.8) is 0 Å². The lowest BCUT2D eigenvalue weighted by molar-refractivity contribution is 0.557. The summed E-state index contributed by atoms with van der Waals surface area (Å²) in [6, 6.07) is 0. The van der Waals surface area contributed by atoms with E-state index < -0.39 is 0 Å². The molecular weight excluding hydrogens is 350 g/mol. The Hall–Kier alpha value is -0.720. The molecule has 0 radical (unpaired) electrons. The van der Waals surface area contributed by atoms with Gasteiger partial charge in [0.1, 0.15) is 0 Å². The Bertz CT molecular complexity index is 299. The van der Waals surface area contributed by atoms with Crippen molar-refractivity contribution in [3.05, 3.63) is 24.6 Å². The fourth-order valence-corrected chi connectivity index (χ4v) is 3.86. The summed E-state index contributed by atoms with van der Waals surface area (Å²) < 4.78 is 0. The van der Waals surface area contributed by atoms with Gasteiger partial charge in [-0.15, -0.1) is 0 Å². The lowest BCUT2D eigenvalue weighted by Gasteiger charge is -2.01. The number of allylic oxidation sites excluding steroid dienone is 2. The first-order chi connectivity index (χ1) is 14.4. The summed E-state index contributed by atoms with van der Waals surface area (Å²) >= 11 is 0. The Balaban J connectivity index is 3.14. The van der Waals surface area contributed by atoms with Crippen LogP contribution in [0.2, 0.25) is 0 Å².